The number of hydrogen-bond donors (Lipinski definition) is 1. The summed E-state index contributed by atoms with van der Waals surface area (Å²) in [4.78, 5) is 36.8. The fraction of sp³-hybridized carbons (Fsp3) is 0.308. The number of halogens is 1. The maximum absolute atomic E-state index is 12.3. The van der Waals surface area contributed by atoms with E-state index in [4.69, 9.17) is 21.6 Å². The highest BCUT2D eigenvalue weighted by Gasteiger charge is 2.23. The molecule has 1 N–H and O–H groups in total. The number of hydrogen-bond acceptors (Lipinski definition) is 7. The average Bonchev–Trinajstić information content (AvgIpc) is 2.87. The molecule has 0 radical (unpaired) electrons. The van der Waals surface area contributed by atoms with Gasteiger partial charge in [-0.15, -0.1) is 0 Å². The van der Waals surface area contributed by atoms with Gasteiger partial charge in [-0.2, -0.15) is 0 Å². The van der Waals surface area contributed by atoms with Gasteiger partial charge in [0.2, 0.25) is 5.82 Å². The number of nitrogens with one attached hydrogen (secondary N) is 1. The second-order valence-electron chi connectivity index (χ2n) is 9.20. The molecule has 0 unspecified atom stereocenters. The van der Waals surface area contributed by atoms with E-state index in [1.807, 2.05) is 30.3 Å². The third-order valence-corrected chi connectivity index (χ3v) is 6.27. The van der Waals surface area contributed by atoms with Crippen molar-refractivity contribution >= 4 is 34.2 Å². The minimum absolute atomic E-state index is 0.0547. The molecule has 0 aromatic carbocycles. The van der Waals surface area contributed by atoms with Gasteiger partial charge >= 0.3 is 0 Å². The number of pyridine rings is 3. The van der Waals surface area contributed by atoms with E-state index in [1.165, 1.54) is 18.8 Å². The van der Waals surface area contributed by atoms with Crippen LogP contribution in [-0.4, -0.2) is 43.9 Å². The van der Waals surface area contributed by atoms with Crippen molar-refractivity contribution in [2.24, 2.45) is 11.8 Å². The zero-order chi connectivity index (χ0) is 24.4. The molecule has 4 aromatic rings. The van der Waals surface area contributed by atoms with E-state index in [0.717, 1.165) is 41.2 Å². The number of carbonyl (C=O) groups excluding carboxylic acids is 1. The Kier molecular flexibility index (Phi) is 6.55. The second kappa shape index (κ2) is 9.92. The maximum Gasteiger partial charge on any atom is 0.289 e. The molecule has 1 amide bonds. The van der Waals surface area contributed by atoms with Gasteiger partial charge in [0, 0.05) is 37.1 Å². The summed E-state index contributed by atoms with van der Waals surface area (Å²) in [5, 5.41) is 4.07. The van der Waals surface area contributed by atoms with Gasteiger partial charge in [-0.3, -0.25) is 9.78 Å². The highest BCUT2D eigenvalue weighted by Crippen LogP contribution is 2.27. The molecular weight excluding hydrogens is 462 g/mol. The van der Waals surface area contributed by atoms with Crippen molar-refractivity contribution in [3.05, 3.63) is 71.5 Å². The first-order valence-corrected chi connectivity index (χ1v) is 12.1. The largest absolute Gasteiger partial charge is 0.356 e. The highest BCUT2D eigenvalue weighted by atomic mass is 35.5. The summed E-state index contributed by atoms with van der Waals surface area (Å²) in [7, 11) is 0. The molecule has 1 aliphatic rings. The Bertz CT molecular complexity index is 1350. The van der Waals surface area contributed by atoms with E-state index in [1.54, 1.807) is 6.20 Å². The van der Waals surface area contributed by atoms with Crippen LogP contribution in [0.1, 0.15) is 36.6 Å². The normalized spacial score (nSPS) is 18.0. The van der Waals surface area contributed by atoms with Crippen molar-refractivity contribution < 1.29 is 4.79 Å². The fourth-order valence-corrected chi connectivity index (χ4v) is 4.67. The van der Waals surface area contributed by atoms with Crippen LogP contribution in [0, 0.1) is 11.8 Å². The Morgan fingerprint density at radius 1 is 1.00 bits per heavy atom. The minimum Gasteiger partial charge on any atom is -0.356 e. The molecule has 0 bridgehead atoms. The molecule has 9 heteroatoms. The fourth-order valence-electron chi connectivity index (χ4n) is 4.57. The summed E-state index contributed by atoms with van der Waals surface area (Å²) in [6, 6.07) is 11.9. The summed E-state index contributed by atoms with van der Waals surface area (Å²) in [5.74, 6) is 1.96. The lowest BCUT2D eigenvalue weighted by molar-refractivity contribution is 0.0940. The third kappa shape index (κ3) is 5.38. The third-order valence-electron chi connectivity index (χ3n) is 6.07. The van der Waals surface area contributed by atoms with E-state index in [-0.39, 0.29) is 12.4 Å². The SMILES string of the molecule is C[C@@H]1C[C@H](C)CN(c2cccc(-c3ccc4cnc(CNC(=O)c5ncc(Cl)cn5)cc4n3)n2)C1. The molecule has 5 rings (SSSR count). The van der Waals surface area contributed by atoms with Gasteiger partial charge in [0.15, 0.2) is 0 Å². The van der Waals surface area contributed by atoms with Gasteiger partial charge in [-0.1, -0.05) is 31.5 Å². The van der Waals surface area contributed by atoms with Crippen LogP contribution in [0.4, 0.5) is 5.82 Å². The number of rotatable bonds is 5. The van der Waals surface area contributed by atoms with Crippen LogP contribution in [0.15, 0.2) is 55.0 Å². The number of anilines is 1. The second-order valence-corrected chi connectivity index (χ2v) is 9.64. The molecular formula is C26H26ClN7O. The van der Waals surface area contributed by atoms with Crippen molar-refractivity contribution in [3.8, 4) is 11.4 Å². The molecule has 35 heavy (non-hydrogen) atoms. The van der Waals surface area contributed by atoms with Crippen LogP contribution in [0.25, 0.3) is 22.3 Å². The molecule has 4 aromatic heterocycles. The van der Waals surface area contributed by atoms with Gasteiger partial charge in [0.25, 0.3) is 5.91 Å². The lowest BCUT2D eigenvalue weighted by Gasteiger charge is -2.35. The molecule has 178 valence electrons. The maximum atomic E-state index is 12.3. The van der Waals surface area contributed by atoms with Gasteiger partial charge in [-0.05, 0) is 48.6 Å². The van der Waals surface area contributed by atoms with Crippen LogP contribution >= 0.6 is 11.6 Å². The molecule has 0 aliphatic carbocycles. The zero-order valence-electron chi connectivity index (χ0n) is 19.6. The average molecular weight is 488 g/mol. The quantitative estimate of drug-likeness (QED) is 0.441. The minimum atomic E-state index is -0.396. The first-order valence-electron chi connectivity index (χ1n) is 11.7. The lowest BCUT2D eigenvalue weighted by Crippen LogP contribution is -2.39. The van der Waals surface area contributed by atoms with Crippen molar-refractivity contribution in [2.45, 2.75) is 26.8 Å². The zero-order valence-corrected chi connectivity index (χ0v) is 20.4. The van der Waals surface area contributed by atoms with Gasteiger partial charge < -0.3 is 10.2 Å². The summed E-state index contributed by atoms with van der Waals surface area (Å²) in [6.45, 7) is 6.87. The van der Waals surface area contributed by atoms with E-state index in [2.05, 4.69) is 45.1 Å². The van der Waals surface area contributed by atoms with E-state index in [0.29, 0.717) is 22.6 Å². The van der Waals surface area contributed by atoms with Gasteiger partial charge in [0.1, 0.15) is 5.82 Å². The number of amides is 1. The number of nitrogens with zero attached hydrogens (tertiary/aromatic N) is 6. The number of carbonyl (C=O) groups is 1. The van der Waals surface area contributed by atoms with E-state index < -0.39 is 5.91 Å². The van der Waals surface area contributed by atoms with Crippen molar-refractivity contribution in [1.82, 2.24) is 30.2 Å². The molecule has 0 spiro atoms. The standard InChI is InChI=1S/C26H26ClN7O/c1-16-8-17(2)15-34(14-16)24-5-3-4-21(33-24)22-7-6-18-10-28-20(9-23(18)32-22)13-31-26(35)25-29-11-19(27)12-30-25/h3-7,9-12,16-17H,8,13-15H2,1-2H3,(H,31,35)/t16-,17+. The van der Waals surface area contributed by atoms with Crippen LogP contribution in [0.3, 0.4) is 0 Å². The van der Waals surface area contributed by atoms with Crippen LogP contribution in [-0.2, 0) is 6.54 Å². The number of piperidine rings is 1. The summed E-state index contributed by atoms with van der Waals surface area (Å²) >= 11 is 5.78. The van der Waals surface area contributed by atoms with Gasteiger partial charge in [-0.25, -0.2) is 19.9 Å². The first kappa shape index (κ1) is 23.1. The summed E-state index contributed by atoms with van der Waals surface area (Å²) in [6.07, 6.45) is 5.79. The van der Waals surface area contributed by atoms with E-state index in [9.17, 15) is 4.79 Å². The van der Waals surface area contributed by atoms with Crippen LogP contribution in [0.5, 0.6) is 0 Å². The Morgan fingerprint density at radius 3 is 2.51 bits per heavy atom. The molecule has 1 fully saturated rings. The topological polar surface area (TPSA) is 96.8 Å². The van der Waals surface area contributed by atoms with E-state index >= 15 is 0 Å². The Balaban J connectivity index is 1.35. The molecule has 2 atom stereocenters. The summed E-state index contributed by atoms with van der Waals surface area (Å²) < 4.78 is 0. The predicted octanol–water partition coefficient (Wildman–Crippen LogP) is 4.55. The first-order chi connectivity index (χ1) is 16.9. The van der Waals surface area contributed by atoms with Crippen molar-refractivity contribution in [2.75, 3.05) is 18.0 Å². The number of fused-ring (bicyclic) bond motifs is 1. The Labute approximate surface area is 208 Å². The lowest BCUT2D eigenvalue weighted by atomic mass is 9.92. The molecule has 0 saturated carbocycles. The molecule has 1 saturated heterocycles. The van der Waals surface area contributed by atoms with Crippen molar-refractivity contribution in [3.63, 3.8) is 0 Å². The molecule has 8 nitrogen and oxygen atoms in total. The van der Waals surface area contributed by atoms with Crippen molar-refractivity contribution in [1.29, 1.82) is 0 Å². The van der Waals surface area contributed by atoms with Gasteiger partial charge in [0.05, 0.1) is 34.2 Å². The smallest absolute Gasteiger partial charge is 0.289 e. The van der Waals surface area contributed by atoms with Crippen LogP contribution < -0.4 is 10.2 Å². The summed E-state index contributed by atoms with van der Waals surface area (Å²) in [5.41, 5.74) is 3.11. The Morgan fingerprint density at radius 2 is 1.74 bits per heavy atom. The highest BCUT2D eigenvalue weighted by molar-refractivity contribution is 6.30. The molecule has 5 heterocycles. The predicted molar refractivity (Wildman–Crippen MR) is 136 cm³/mol. The molecule has 1 aliphatic heterocycles. The Hall–Kier alpha value is -3.65. The number of aromatic nitrogens is 5. The van der Waals surface area contributed by atoms with Crippen LogP contribution in [0.2, 0.25) is 5.02 Å². The monoisotopic (exact) mass is 487 g/mol.